The maximum absolute atomic E-state index is 12.4. The summed E-state index contributed by atoms with van der Waals surface area (Å²) in [5.74, 6) is -1.09. The molecule has 3 aromatic rings. The zero-order valence-electron chi connectivity index (χ0n) is 13.4. The molecule has 0 aliphatic carbocycles. The van der Waals surface area contributed by atoms with E-state index in [1.807, 2.05) is 24.3 Å². The van der Waals surface area contributed by atoms with E-state index in [0.29, 0.717) is 17.5 Å². The van der Waals surface area contributed by atoms with Crippen LogP contribution in [0.15, 0.2) is 53.3 Å². The third-order valence-electron chi connectivity index (χ3n) is 4.03. The van der Waals surface area contributed by atoms with Crippen LogP contribution in [0.25, 0.3) is 10.8 Å². The van der Waals surface area contributed by atoms with Gasteiger partial charge >= 0.3 is 5.97 Å². The molecule has 0 aliphatic rings. The Morgan fingerprint density at radius 2 is 1.67 bits per heavy atom. The highest BCUT2D eigenvalue weighted by Gasteiger charge is 2.12. The number of hydrogen-bond acceptors (Lipinski definition) is 3. The Morgan fingerprint density at radius 1 is 1.04 bits per heavy atom. The lowest BCUT2D eigenvalue weighted by Gasteiger charge is -2.10. The van der Waals surface area contributed by atoms with E-state index in [-0.39, 0.29) is 5.56 Å². The fourth-order valence-electron chi connectivity index (χ4n) is 2.76. The second kappa shape index (κ2) is 6.66. The normalized spacial score (nSPS) is 10.9. The highest BCUT2D eigenvalue weighted by molar-refractivity contribution is 5.84. The van der Waals surface area contributed by atoms with E-state index < -0.39 is 12.5 Å². The number of aliphatic carboxylic acids is 1. The minimum absolute atomic E-state index is 0.377. The number of carboxylic acid groups (broad SMARTS) is 1. The van der Waals surface area contributed by atoms with Crippen molar-refractivity contribution in [3.05, 3.63) is 75.7 Å². The van der Waals surface area contributed by atoms with Gasteiger partial charge < -0.3 is 5.11 Å². The molecule has 0 unspecified atom stereocenters. The smallest absolute Gasteiger partial charge is 0.325 e. The summed E-state index contributed by atoms with van der Waals surface area (Å²) in [5.41, 5.74) is 2.66. The second-order valence-corrected chi connectivity index (χ2v) is 5.70. The largest absolute Gasteiger partial charge is 0.480 e. The fourth-order valence-corrected chi connectivity index (χ4v) is 2.76. The summed E-state index contributed by atoms with van der Waals surface area (Å²) in [6.45, 7) is 1.66. The molecule has 122 valence electrons. The van der Waals surface area contributed by atoms with Crippen LogP contribution < -0.4 is 5.56 Å². The van der Waals surface area contributed by atoms with Crippen molar-refractivity contribution in [2.45, 2.75) is 26.3 Å². The molecule has 5 nitrogen and oxygen atoms in total. The van der Waals surface area contributed by atoms with E-state index in [9.17, 15) is 9.59 Å². The molecule has 0 saturated carbocycles. The average molecular weight is 322 g/mol. The van der Waals surface area contributed by atoms with E-state index >= 15 is 0 Å². The van der Waals surface area contributed by atoms with Gasteiger partial charge in [0, 0.05) is 11.8 Å². The number of hydrogen-bond donors (Lipinski definition) is 1. The highest BCUT2D eigenvalue weighted by atomic mass is 16.4. The molecule has 0 spiro atoms. The van der Waals surface area contributed by atoms with Gasteiger partial charge in [0.15, 0.2) is 0 Å². The number of rotatable bonds is 5. The molecule has 0 radical (unpaired) electrons. The van der Waals surface area contributed by atoms with Gasteiger partial charge in [-0.3, -0.25) is 9.59 Å². The number of aromatic nitrogens is 2. The number of fused-ring (bicyclic) bond motifs is 1. The number of carbonyl (C=O) groups is 1. The molecule has 0 amide bonds. The van der Waals surface area contributed by atoms with Crippen molar-refractivity contribution in [1.29, 1.82) is 0 Å². The first kappa shape index (κ1) is 15.9. The molecule has 0 bridgehead atoms. The molecular weight excluding hydrogens is 304 g/mol. The van der Waals surface area contributed by atoms with Gasteiger partial charge in [0.25, 0.3) is 5.56 Å². The molecule has 24 heavy (non-hydrogen) atoms. The van der Waals surface area contributed by atoms with Crippen LogP contribution in [0.2, 0.25) is 0 Å². The SMILES string of the molecule is CCc1ccc(Cc2nn(CC(=O)O)c(=O)c3ccccc23)cc1. The summed E-state index contributed by atoms with van der Waals surface area (Å²) in [4.78, 5) is 23.4. The highest BCUT2D eigenvalue weighted by Crippen LogP contribution is 2.17. The average Bonchev–Trinajstić information content (AvgIpc) is 2.59. The third-order valence-corrected chi connectivity index (χ3v) is 4.03. The van der Waals surface area contributed by atoms with Gasteiger partial charge in [0.05, 0.1) is 11.1 Å². The molecule has 1 heterocycles. The van der Waals surface area contributed by atoms with Crippen LogP contribution >= 0.6 is 0 Å². The van der Waals surface area contributed by atoms with Gasteiger partial charge in [0.2, 0.25) is 0 Å². The summed E-state index contributed by atoms with van der Waals surface area (Å²) >= 11 is 0. The van der Waals surface area contributed by atoms with Crippen molar-refractivity contribution in [2.75, 3.05) is 0 Å². The van der Waals surface area contributed by atoms with Gasteiger partial charge in [-0.2, -0.15) is 5.10 Å². The minimum atomic E-state index is -1.09. The van der Waals surface area contributed by atoms with Gasteiger partial charge in [-0.05, 0) is 23.6 Å². The van der Waals surface area contributed by atoms with Crippen molar-refractivity contribution in [3.63, 3.8) is 0 Å². The van der Waals surface area contributed by atoms with Crippen molar-refractivity contribution < 1.29 is 9.90 Å². The first-order chi connectivity index (χ1) is 11.6. The van der Waals surface area contributed by atoms with E-state index in [1.165, 1.54) is 5.56 Å². The zero-order chi connectivity index (χ0) is 17.1. The van der Waals surface area contributed by atoms with Crippen molar-refractivity contribution in [1.82, 2.24) is 9.78 Å². The maximum atomic E-state index is 12.4. The fraction of sp³-hybridized carbons (Fsp3) is 0.211. The van der Waals surface area contributed by atoms with Crippen LogP contribution in [0.4, 0.5) is 0 Å². The van der Waals surface area contributed by atoms with Gasteiger partial charge in [-0.25, -0.2) is 4.68 Å². The molecular formula is C19H18N2O3. The molecule has 1 N–H and O–H groups in total. The van der Waals surface area contributed by atoms with Gasteiger partial charge in [-0.15, -0.1) is 0 Å². The Kier molecular flexibility index (Phi) is 4.42. The number of aryl methyl sites for hydroxylation is 1. The Balaban J connectivity index is 2.09. The Hall–Kier alpha value is -2.95. The van der Waals surface area contributed by atoms with E-state index in [1.54, 1.807) is 12.1 Å². The van der Waals surface area contributed by atoms with Gasteiger partial charge in [0.1, 0.15) is 6.54 Å². The predicted octanol–water partition coefficient (Wildman–Crippen LogP) is 2.63. The van der Waals surface area contributed by atoms with E-state index in [0.717, 1.165) is 22.1 Å². The summed E-state index contributed by atoms with van der Waals surface area (Å²) in [5, 5.41) is 14.6. The van der Waals surface area contributed by atoms with Crippen LogP contribution in [0.1, 0.15) is 23.7 Å². The van der Waals surface area contributed by atoms with Crippen LogP contribution in [0.3, 0.4) is 0 Å². The van der Waals surface area contributed by atoms with Gasteiger partial charge in [-0.1, -0.05) is 49.4 Å². The van der Waals surface area contributed by atoms with Crippen molar-refractivity contribution >= 4 is 16.7 Å². The first-order valence-electron chi connectivity index (χ1n) is 7.87. The molecule has 0 fully saturated rings. The Labute approximate surface area is 139 Å². The Bertz CT molecular complexity index is 943. The molecule has 0 atom stereocenters. The number of carboxylic acids is 1. The topological polar surface area (TPSA) is 72.2 Å². The Morgan fingerprint density at radius 3 is 2.29 bits per heavy atom. The van der Waals surface area contributed by atoms with Crippen LogP contribution in [-0.4, -0.2) is 20.9 Å². The molecule has 3 rings (SSSR count). The molecule has 2 aromatic carbocycles. The molecule has 0 aliphatic heterocycles. The van der Waals surface area contributed by atoms with Crippen LogP contribution in [0, 0.1) is 0 Å². The van der Waals surface area contributed by atoms with Crippen molar-refractivity contribution in [3.8, 4) is 0 Å². The predicted molar refractivity (Wildman–Crippen MR) is 92.3 cm³/mol. The van der Waals surface area contributed by atoms with Crippen molar-refractivity contribution in [2.24, 2.45) is 0 Å². The monoisotopic (exact) mass is 322 g/mol. The lowest BCUT2D eigenvalue weighted by atomic mass is 10.0. The quantitative estimate of drug-likeness (QED) is 0.784. The lowest BCUT2D eigenvalue weighted by Crippen LogP contribution is -2.28. The summed E-state index contributed by atoms with van der Waals surface area (Å²) < 4.78 is 1.03. The first-order valence-corrected chi connectivity index (χ1v) is 7.87. The van der Waals surface area contributed by atoms with E-state index in [2.05, 4.69) is 24.2 Å². The summed E-state index contributed by atoms with van der Waals surface area (Å²) in [6.07, 6.45) is 1.52. The zero-order valence-corrected chi connectivity index (χ0v) is 13.4. The van der Waals surface area contributed by atoms with Crippen LogP contribution in [0.5, 0.6) is 0 Å². The van der Waals surface area contributed by atoms with Crippen LogP contribution in [-0.2, 0) is 24.2 Å². The summed E-state index contributed by atoms with van der Waals surface area (Å²) in [6, 6.07) is 15.4. The maximum Gasteiger partial charge on any atom is 0.325 e. The standard InChI is InChI=1S/C19H18N2O3/c1-2-13-7-9-14(10-8-13)11-17-15-5-3-4-6-16(15)19(24)21(20-17)12-18(22)23/h3-10H,2,11-12H2,1H3,(H,22,23). The molecule has 5 heteroatoms. The summed E-state index contributed by atoms with van der Waals surface area (Å²) in [7, 11) is 0. The lowest BCUT2D eigenvalue weighted by molar-refractivity contribution is -0.138. The third kappa shape index (κ3) is 3.20. The molecule has 1 aromatic heterocycles. The number of nitrogens with zero attached hydrogens (tertiary/aromatic N) is 2. The second-order valence-electron chi connectivity index (χ2n) is 5.70. The molecule has 0 saturated heterocycles. The van der Waals surface area contributed by atoms with E-state index in [4.69, 9.17) is 5.11 Å². The number of benzene rings is 2. The minimum Gasteiger partial charge on any atom is -0.480 e.